The van der Waals surface area contributed by atoms with Crippen LogP contribution in [0.25, 0.3) is 0 Å². The summed E-state index contributed by atoms with van der Waals surface area (Å²) in [7, 11) is -3.12. The Hall–Kier alpha value is -1.32. The lowest BCUT2D eigenvalue weighted by molar-refractivity contribution is -0.0457. The average molecular weight is 356 g/mol. The van der Waals surface area contributed by atoms with Gasteiger partial charge < -0.3 is 9.64 Å². The van der Waals surface area contributed by atoms with E-state index in [4.69, 9.17) is 4.74 Å². The molecule has 132 valence electrons. The monoisotopic (exact) mass is 356 g/mol. The SMILES string of the molecule is O=S(=O)(NCC[C@@H]1CCOC12CN(c1ncc(F)cn1)C2)C1CC1. The second kappa shape index (κ2) is 5.89. The van der Waals surface area contributed by atoms with Crippen LogP contribution < -0.4 is 9.62 Å². The Morgan fingerprint density at radius 1 is 1.29 bits per heavy atom. The van der Waals surface area contributed by atoms with Crippen molar-refractivity contribution >= 4 is 16.0 Å². The molecule has 7 nitrogen and oxygen atoms in total. The summed E-state index contributed by atoms with van der Waals surface area (Å²) in [5, 5.41) is -0.180. The van der Waals surface area contributed by atoms with E-state index in [1.165, 1.54) is 0 Å². The summed E-state index contributed by atoms with van der Waals surface area (Å²) in [6, 6.07) is 0. The van der Waals surface area contributed by atoms with Crippen LogP contribution in [0.4, 0.5) is 10.3 Å². The van der Waals surface area contributed by atoms with Crippen LogP contribution in [0.15, 0.2) is 12.4 Å². The minimum atomic E-state index is -3.12. The van der Waals surface area contributed by atoms with E-state index in [-0.39, 0.29) is 10.9 Å². The van der Waals surface area contributed by atoms with Crippen molar-refractivity contribution < 1.29 is 17.5 Å². The fourth-order valence-corrected chi connectivity index (χ4v) is 5.02. The van der Waals surface area contributed by atoms with Gasteiger partial charge in [0.1, 0.15) is 5.60 Å². The summed E-state index contributed by atoms with van der Waals surface area (Å²) in [5.74, 6) is 0.369. The van der Waals surface area contributed by atoms with Crippen LogP contribution in [0.1, 0.15) is 25.7 Å². The van der Waals surface area contributed by atoms with Crippen molar-refractivity contribution in [2.45, 2.75) is 36.5 Å². The first-order valence-electron chi connectivity index (χ1n) is 8.33. The van der Waals surface area contributed by atoms with Crippen LogP contribution in [0.3, 0.4) is 0 Å². The van der Waals surface area contributed by atoms with Gasteiger partial charge >= 0.3 is 0 Å². The van der Waals surface area contributed by atoms with E-state index in [9.17, 15) is 12.8 Å². The quantitative estimate of drug-likeness (QED) is 0.807. The molecule has 3 fully saturated rings. The Morgan fingerprint density at radius 3 is 2.67 bits per heavy atom. The zero-order valence-electron chi connectivity index (χ0n) is 13.3. The second-order valence-electron chi connectivity index (χ2n) is 6.88. The van der Waals surface area contributed by atoms with Crippen LogP contribution in [-0.4, -0.2) is 55.5 Å². The van der Waals surface area contributed by atoms with Crippen LogP contribution in [0.5, 0.6) is 0 Å². The minimum Gasteiger partial charge on any atom is -0.371 e. The zero-order chi connectivity index (χ0) is 16.8. The van der Waals surface area contributed by atoms with Gasteiger partial charge in [-0.25, -0.2) is 27.5 Å². The Morgan fingerprint density at radius 2 is 2.00 bits per heavy atom. The average Bonchev–Trinajstić information content (AvgIpc) is 3.29. The molecule has 9 heteroatoms. The van der Waals surface area contributed by atoms with E-state index in [2.05, 4.69) is 14.7 Å². The standard InChI is InChI=1S/C15H21FN4O3S/c16-12-7-17-14(18-8-12)20-9-15(10-20)11(4-6-23-15)3-5-19-24(21,22)13-1-2-13/h7-8,11,13,19H,1-6,9-10H2/t11-/m1/s1. The molecule has 0 amide bonds. The smallest absolute Gasteiger partial charge is 0.225 e. The molecular weight excluding hydrogens is 335 g/mol. The third kappa shape index (κ3) is 3.00. The maximum Gasteiger partial charge on any atom is 0.225 e. The van der Waals surface area contributed by atoms with Gasteiger partial charge in [-0.1, -0.05) is 0 Å². The molecule has 2 aliphatic heterocycles. The maximum absolute atomic E-state index is 12.9. The molecule has 1 aromatic rings. The summed E-state index contributed by atoms with van der Waals surface area (Å²) in [5.41, 5.74) is -0.247. The number of rotatable bonds is 6. The van der Waals surface area contributed by atoms with Crippen LogP contribution >= 0.6 is 0 Å². The molecular formula is C15H21FN4O3S. The third-order valence-corrected chi connectivity index (χ3v) is 7.12. The van der Waals surface area contributed by atoms with Gasteiger partial charge in [0, 0.05) is 13.2 Å². The zero-order valence-corrected chi connectivity index (χ0v) is 14.1. The number of halogens is 1. The topological polar surface area (TPSA) is 84.4 Å². The number of hydrogen-bond acceptors (Lipinski definition) is 6. The van der Waals surface area contributed by atoms with Gasteiger partial charge in [0.25, 0.3) is 0 Å². The highest BCUT2D eigenvalue weighted by molar-refractivity contribution is 7.90. The first kappa shape index (κ1) is 16.2. The third-order valence-electron chi connectivity index (χ3n) is 5.17. The first-order chi connectivity index (χ1) is 11.5. The summed E-state index contributed by atoms with van der Waals surface area (Å²) < 4.78 is 45.3. The van der Waals surface area contributed by atoms with Gasteiger partial charge in [-0.05, 0) is 31.6 Å². The van der Waals surface area contributed by atoms with Crippen molar-refractivity contribution in [3.63, 3.8) is 0 Å². The van der Waals surface area contributed by atoms with Crippen molar-refractivity contribution in [2.24, 2.45) is 5.92 Å². The fraction of sp³-hybridized carbons (Fsp3) is 0.733. The molecule has 4 rings (SSSR count). The maximum atomic E-state index is 12.9. The molecule has 0 radical (unpaired) electrons. The highest BCUT2D eigenvalue weighted by Gasteiger charge is 2.53. The lowest BCUT2D eigenvalue weighted by Gasteiger charge is -2.50. The number of nitrogens with one attached hydrogen (secondary N) is 1. The molecule has 1 saturated carbocycles. The van der Waals surface area contributed by atoms with Gasteiger partial charge in [-0.2, -0.15) is 0 Å². The van der Waals surface area contributed by atoms with Gasteiger partial charge in [0.05, 0.1) is 30.7 Å². The van der Waals surface area contributed by atoms with E-state index in [1.54, 1.807) is 0 Å². The van der Waals surface area contributed by atoms with E-state index in [1.807, 2.05) is 4.90 Å². The van der Waals surface area contributed by atoms with Gasteiger partial charge in [0.15, 0.2) is 5.82 Å². The van der Waals surface area contributed by atoms with Crippen molar-refractivity contribution in [1.29, 1.82) is 0 Å². The molecule has 1 spiro atoms. The molecule has 1 aromatic heterocycles. The molecule has 3 heterocycles. The van der Waals surface area contributed by atoms with E-state index in [0.29, 0.717) is 38.1 Å². The summed E-state index contributed by atoms with van der Waals surface area (Å²) in [6.07, 6.45) is 5.57. The molecule has 1 N–H and O–H groups in total. The molecule has 24 heavy (non-hydrogen) atoms. The van der Waals surface area contributed by atoms with Crippen molar-refractivity contribution in [1.82, 2.24) is 14.7 Å². The fourth-order valence-electron chi connectivity index (χ4n) is 3.62. The molecule has 0 bridgehead atoms. The molecule has 1 aliphatic carbocycles. The lowest BCUT2D eigenvalue weighted by Crippen LogP contribution is -2.65. The van der Waals surface area contributed by atoms with Crippen LogP contribution in [0.2, 0.25) is 0 Å². The van der Waals surface area contributed by atoms with Crippen LogP contribution in [-0.2, 0) is 14.8 Å². The highest BCUT2D eigenvalue weighted by Crippen LogP contribution is 2.42. The second-order valence-corrected chi connectivity index (χ2v) is 8.93. The first-order valence-corrected chi connectivity index (χ1v) is 9.88. The summed E-state index contributed by atoms with van der Waals surface area (Å²) in [6.45, 7) is 2.48. The van der Waals surface area contributed by atoms with Crippen LogP contribution in [0, 0.1) is 11.7 Å². The Kier molecular flexibility index (Phi) is 3.97. The van der Waals surface area contributed by atoms with Gasteiger partial charge in [-0.15, -0.1) is 0 Å². The van der Waals surface area contributed by atoms with E-state index < -0.39 is 15.8 Å². The Balaban J connectivity index is 1.31. The summed E-state index contributed by atoms with van der Waals surface area (Å²) in [4.78, 5) is 9.95. The van der Waals surface area contributed by atoms with E-state index in [0.717, 1.165) is 38.1 Å². The Labute approximate surface area is 140 Å². The Bertz CT molecular complexity index is 702. The normalized spacial score (nSPS) is 25.9. The number of ether oxygens (including phenoxy) is 1. The number of nitrogens with zero attached hydrogens (tertiary/aromatic N) is 3. The van der Waals surface area contributed by atoms with Crippen molar-refractivity contribution in [3.8, 4) is 0 Å². The van der Waals surface area contributed by atoms with E-state index >= 15 is 0 Å². The molecule has 0 aromatic carbocycles. The molecule has 3 aliphatic rings. The number of aromatic nitrogens is 2. The number of sulfonamides is 1. The largest absolute Gasteiger partial charge is 0.371 e. The molecule has 0 unspecified atom stereocenters. The number of anilines is 1. The minimum absolute atomic E-state index is 0.180. The molecule has 1 atom stereocenters. The number of hydrogen-bond donors (Lipinski definition) is 1. The van der Waals surface area contributed by atoms with Crippen molar-refractivity contribution in [2.75, 3.05) is 31.1 Å². The predicted octanol–water partition coefficient (Wildman–Crippen LogP) is 0.683. The van der Waals surface area contributed by atoms with Gasteiger partial charge in [0.2, 0.25) is 16.0 Å². The van der Waals surface area contributed by atoms with Gasteiger partial charge in [-0.3, -0.25) is 0 Å². The summed E-state index contributed by atoms with van der Waals surface area (Å²) >= 11 is 0. The predicted molar refractivity (Wildman–Crippen MR) is 85.6 cm³/mol. The van der Waals surface area contributed by atoms with Crippen molar-refractivity contribution in [3.05, 3.63) is 18.2 Å². The lowest BCUT2D eigenvalue weighted by atomic mass is 9.79. The molecule has 2 saturated heterocycles. The highest BCUT2D eigenvalue weighted by atomic mass is 32.2.